The molecule has 2 aliphatic rings. The van der Waals surface area contributed by atoms with Gasteiger partial charge in [-0.15, -0.1) is 0 Å². The molecule has 4 rings (SSSR count). The van der Waals surface area contributed by atoms with E-state index in [4.69, 9.17) is 4.99 Å². The molecule has 0 spiro atoms. The lowest BCUT2D eigenvalue weighted by Gasteiger charge is -2.30. The van der Waals surface area contributed by atoms with Crippen molar-refractivity contribution in [2.24, 2.45) is 4.99 Å². The van der Waals surface area contributed by atoms with Gasteiger partial charge in [-0.3, -0.25) is 4.79 Å². The fourth-order valence-corrected chi connectivity index (χ4v) is 3.78. The summed E-state index contributed by atoms with van der Waals surface area (Å²) in [5, 5.41) is 12.3. The Labute approximate surface area is 154 Å². The van der Waals surface area contributed by atoms with Gasteiger partial charge in [-0.2, -0.15) is 0 Å². The van der Waals surface area contributed by atoms with Crippen molar-refractivity contribution in [2.75, 3.05) is 0 Å². The van der Waals surface area contributed by atoms with E-state index >= 15 is 0 Å². The molecule has 2 aromatic carbocycles. The van der Waals surface area contributed by atoms with Crippen LogP contribution in [0.1, 0.15) is 24.0 Å². The quantitative estimate of drug-likeness (QED) is 0.829. The standard InChI is InChI=1S/C19H18BrN3O2/c20-14-3-6-16-13(9-14)11-23-17(7-8-18(23)22-16)19(25)21-10-12-1-4-15(24)5-2-12/h1-6,9,17,24H,7-8,10-11H2,(H,21,25)/t17-/m1/s1. The summed E-state index contributed by atoms with van der Waals surface area (Å²) in [4.78, 5) is 19.5. The van der Waals surface area contributed by atoms with Gasteiger partial charge in [0.2, 0.25) is 5.91 Å². The minimum absolute atomic E-state index is 0.0247. The predicted molar refractivity (Wildman–Crippen MR) is 99.8 cm³/mol. The van der Waals surface area contributed by atoms with Crippen LogP contribution in [0.25, 0.3) is 0 Å². The predicted octanol–water partition coefficient (Wildman–Crippen LogP) is 3.48. The van der Waals surface area contributed by atoms with Crippen LogP contribution in [-0.2, 0) is 17.9 Å². The number of phenols is 1. The molecule has 0 radical (unpaired) electrons. The minimum atomic E-state index is -0.178. The Kier molecular flexibility index (Phi) is 4.21. The van der Waals surface area contributed by atoms with Crippen molar-refractivity contribution in [3.63, 3.8) is 0 Å². The van der Waals surface area contributed by atoms with Crippen molar-refractivity contribution in [3.05, 3.63) is 58.1 Å². The first-order valence-electron chi connectivity index (χ1n) is 8.28. The SMILES string of the molecule is O=C(NCc1ccc(O)cc1)[C@H]1CCC2=Nc3ccc(Br)cc3CN21. The lowest BCUT2D eigenvalue weighted by atomic mass is 10.1. The minimum Gasteiger partial charge on any atom is -0.508 e. The molecule has 0 bridgehead atoms. The maximum Gasteiger partial charge on any atom is 0.243 e. The Morgan fingerprint density at radius 3 is 2.88 bits per heavy atom. The van der Waals surface area contributed by atoms with Crippen LogP contribution >= 0.6 is 15.9 Å². The molecular formula is C19H18BrN3O2. The van der Waals surface area contributed by atoms with E-state index in [0.717, 1.165) is 40.0 Å². The monoisotopic (exact) mass is 399 g/mol. The molecule has 1 fully saturated rings. The summed E-state index contributed by atoms with van der Waals surface area (Å²) < 4.78 is 1.03. The first-order valence-corrected chi connectivity index (χ1v) is 9.08. The second-order valence-electron chi connectivity index (χ2n) is 6.37. The Bertz CT molecular complexity index is 848. The second-order valence-corrected chi connectivity index (χ2v) is 7.28. The molecular weight excluding hydrogens is 382 g/mol. The maximum atomic E-state index is 12.7. The number of nitrogens with one attached hydrogen (secondary N) is 1. The van der Waals surface area contributed by atoms with Gasteiger partial charge in [0.15, 0.2) is 0 Å². The van der Waals surface area contributed by atoms with Crippen LogP contribution in [-0.4, -0.2) is 27.8 Å². The van der Waals surface area contributed by atoms with Crippen molar-refractivity contribution < 1.29 is 9.90 Å². The fourth-order valence-electron chi connectivity index (χ4n) is 3.37. The van der Waals surface area contributed by atoms with Gasteiger partial charge in [0, 0.05) is 24.0 Å². The van der Waals surface area contributed by atoms with Gasteiger partial charge in [-0.1, -0.05) is 28.1 Å². The van der Waals surface area contributed by atoms with Crippen LogP contribution in [0.2, 0.25) is 0 Å². The van der Waals surface area contributed by atoms with Gasteiger partial charge in [0.05, 0.1) is 5.69 Å². The lowest BCUT2D eigenvalue weighted by Crippen LogP contribution is -2.44. The van der Waals surface area contributed by atoms with Crippen LogP contribution in [0, 0.1) is 0 Å². The summed E-state index contributed by atoms with van der Waals surface area (Å²) in [6, 6.07) is 12.8. The van der Waals surface area contributed by atoms with Crippen LogP contribution < -0.4 is 5.32 Å². The van der Waals surface area contributed by atoms with E-state index in [9.17, 15) is 9.90 Å². The second kappa shape index (κ2) is 6.52. The zero-order valence-electron chi connectivity index (χ0n) is 13.6. The number of hydrogen-bond donors (Lipinski definition) is 2. The van der Waals surface area contributed by atoms with Gasteiger partial charge in [-0.05, 0) is 47.9 Å². The highest BCUT2D eigenvalue weighted by Crippen LogP contribution is 2.34. The largest absolute Gasteiger partial charge is 0.508 e. The van der Waals surface area contributed by atoms with Crippen LogP contribution in [0.3, 0.4) is 0 Å². The number of aromatic hydroxyl groups is 1. The van der Waals surface area contributed by atoms with E-state index in [0.29, 0.717) is 13.1 Å². The van der Waals surface area contributed by atoms with E-state index < -0.39 is 0 Å². The van der Waals surface area contributed by atoms with E-state index in [1.165, 1.54) is 0 Å². The number of rotatable bonds is 3. The van der Waals surface area contributed by atoms with Gasteiger partial charge >= 0.3 is 0 Å². The van der Waals surface area contributed by atoms with Crippen LogP contribution in [0.15, 0.2) is 51.9 Å². The zero-order valence-corrected chi connectivity index (χ0v) is 15.2. The van der Waals surface area contributed by atoms with Crippen molar-refractivity contribution in [3.8, 4) is 5.75 Å². The van der Waals surface area contributed by atoms with Crippen molar-refractivity contribution in [1.29, 1.82) is 0 Å². The summed E-state index contributed by atoms with van der Waals surface area (Å²) in [6.45, 7) is 1.17. The molecule has 128 valence electrons. The summed E-state index contributed by atoms with van der Waals surface area (Å²) >= 11 is 3.50. The van der Waals surface area contributed by atoms with E-state index in [-0.39, 0.29) is 17.7 Å². The molecule has 25 heavy (non-hydrogen) atoms. The number of amidine groups is 1. The Morgan fingerprint density at radius 1 is 1.28 bits per heavy atom. The van der Waals surface area contributed by atoms with E-state index in [1.54, 1.807) is 12.1 Å². The Balaban J connectivity index is 1.45. The van der Waals surface area contributed by atoms with E-state index in [2.05, 4.69) is 32.2 Å². The van der Waals surface area contributed by atoms with Crippen molar-refractivity contribution in [2.45, 2.75) is 32.0 Å². The molecule has 1 atom stereocenters. The van der Waals surface area contributed by atoms with Gasteiger partial charge < -0.3 is 15.3 Å². The third kappa shape index (κ3) is 3.26. The number of aliphatic imine (C=N–C) groups is 1. The topological polar surface area (TPSA) is 64.9 Å². The average Bonchev–Trinajstić information content (AvgIpc) is 3.02. The molecule has 0 unspecified atom stereocenters. The smallest absolute Gasteiger partial charge is 0.243 e. The highest BCUT2D eigenvalue weighted by molar-refractivity contribution is 9.10. The number of hydrogen-bond acceptors (Lipinski definition) is 4. The molecule has 0 saturated carbocycles. The fraction of sp³-hybridized carbons (Fsp3) is 0.263. The van der Waals surface area contributed by atoms with Crippen molar-refractivity contribution in [1.82, 2.24) is 10.2 Å². The maximum absolute atomic E-state index is 12.7. The number of carbonyl (C=O) groups is 1. The van der Waals surface area contributed by atoms with Gasteiger partial charge in [-0.25, -0.2) is 4.99 Å². The molecule has 1 amide bonds. The number of carbonyl (C=O) groups excluding carboxylic acids is 1. The number of nitrogens with zero attached hydrogens (tertiary/aromatic N) is 2. The molecule has 6 heteroatoms. The number of fused-ring (bicyclic) bond motifs is 2. The first kappa shape index (κ1) is 16.1. The Morgan fingerprint density at radius 2 is 2.08 bits per heavy atom. The lowest BCUT2D eigenvalue weighted by molar-refractivity contribution is -0.125. The molecule has 2 aliphatic heterocycles. The third-order valence-corrected chi connectivity index (χ3v) is 5.18. The summed E-state index contributed by atoms with van der Waals surface area (Å²) in [5.74, 6) is 1.25. The van der Waals surface area contributed by atoms with Gasteiger partial charge in [0.25, 0.3) is 0 Å². The summed E-state index contributed by atoms with van der Waals surface area (Å²) in [7, 11) is 0. The molecule has 0 aromatic heterocycles. The van der Waals surface area contributed by atoms with E-state index in [1.807, 2.05) is 24.3 Å². The summed E-state index contributed by atoms with van der Waals surface area (Å²) in [5.41, 5.74) is 3.10. The number of amides is 1. The number of benzene rings is 2. The van der Waals surface area contributed by atoms with Gasteiger partial charge in [0.1, 0.15) is 17.6 Å². The first-order chi connectivity index (χ1) is 12.1. The molecule has 2 heterocycles. The Hall–Kier alpha value is -2.34. The average molecular weight is 400 g/mol. The third-order valence-electron chi connectivity index (χ3n) is 4.69. The molecule has 1 saturated heterocycles. The molecule has 2 N–H and O–H groups in total. The van der Waals surface area contributed by atoms with Crippen molar-refractivity contribution >= 4 is 33.4 Å². The molecule has 0 aliphatic carbocycles. The van der Waals surface area contributed by atoms with Crippen LogP contribution in [0.5, 0.6) is 5.75 Å². The molecule has 5 nitrogen and oxygen atoms in total. The highest BCUT2D eigenvalue weighted by Gasteiger charge is 2.36. The normalized spacial score (nSPS) is 18.4. The number of halogens is 1. The summed E-state index contributed by atoms with van der Waals surface area (Å²) in [6.07, 6.45) is 1.61. The molecule has 2 aromatic rings. The zero-order chi connectivity index (χ0) is 17.4. The number of phenolic OH excluding ortho intramolecular Hbond substituents is 1. The van der Waals surface area contributed by atoms with Crippen LogP contribution in [0.4, 0.5) is 5.69 Å². The highest BCUT2D eigenvalue weighted by atomic mass is 79.9.